The van der Waals surface area contributed by atoms with Crippen LogP contribution in [0.4, 0.5) is 18.9 Å². The fraction of sp³-hybridized carbons (Fsp3) is 0.500. The molecular formula is C14H18F3N3O. The molecule has 2 heterocycles. The summed E-state index contributed by atoms with van der Waals surface area (Å²) in [5.74, 6) is -0.280. The number of rotatable bonds is 3. The van der Waals surface area contributed by atoms with E-state index in [1.165, 1.54) is 4.90 Å². The predicted molar refractivity (Wildman–Crippen MR) is 73.8 cm³/mol. The fourth-order valence-electron chi connectivity index (χ4n) is 2.41. The minimum absolute atomic E-state index is 0.0229. The van der Waals surface area contributed by atoms with Gasteiger partial charge in [-0.3, -0.25) is 4.79 Å². The number of halogens is 3. The molecule has 2 rings (SSSR count). The molecule has 0 saturated heterocycles. The highest BCUT2D eigenvalue weighted by molar-refractivity contribution is 5.94. The average Bonchev–Trinajstić information content (AvgIpc) is 2.78. The minimum Gasteiger partial charge on any atom is -0.397 e. The maximum absolute atomic E-state index is 12.6. The molecular weight excluding hydrogens is 283 g/mol. The first-order valence-electron chi connectivity index (χ1n) is 6.84. The number of hydrogen-bond donors (Lipinski definition) is 1. The van der Waals surface area contributed by atoms with Gasteiger partial charge >= 0.3 is 6.18 Å². The molecule has 0 atom stereocenters. The number of carbonyl (C=O) groups excluding carboxylic acids is 1. The van der Waals surface area contributed by atoms with Crippen LogP contribution in [0.1, 0.15) is 30.3 Å². The fourth-order valence-corrected chi connectivity index (χ4v) is 2.41. The van der Waals surface area contributed by atoms with Crippen LogP contribution in [0.15, 0.2) is 23.9 Å². The third kappa shape index (κ3) is 3.40. The van der Waals surface area contributed by atoms with Gasteiger partial charge in [-0.05, 0) is 18.9 Å². The summed E-state index contributed by atoms with van der Waals surface area (Å²) in [5, 5.41) is 0. The smallest absolute Gasteiger partial charge is 0.397 e. The summed E-state index contributed by atoms with van der Waals surface area (Å²) in [4.78, 5) is 13.8. The lowest BCUT2D eigenvalue weighted by molar-refractivity contribution is -0.0957. The van der Waals surface area contributed by atoms with Crippen molar-refractivity contribution in [2.24, 2.45) is 0 Å². The van der Waals surface area contributed by atoms with Crippen molar-refractivity contribution in [3.63, 3.8) is 0 Å². The van der Waals surface area contributed by atoms with Gasteiger partial charge in [-0.25, -0.2) is 0 Å². The van der Waals surface area contributed by atoms with E-state index >= 15 is 0 Å². The zero-order valence-corrected chi connectivity index (χ0v) is 11.8. The molecule has 1 amide bonds. The highest BCUT2D eigenvalue weighted by Crippen LogP contribution is 2.30. The van der Waals surface area contributed by atoms with Gasteiger partial charge in [0.2, 0.25) is 0 Å². The normalized spacial score (nSPS) is 16.0. The van der Waals surface area contributed by atoms with Crippen LogP contribution in [0.5, 0.6) is 0 Å². The van der Waals surface area contributed by atoms with Crippen LogP contribution in [0.2, 0.25) is 0 Å². The van der Waals surface area contributed by atoms with Crippen LogP contribution in [-0.4, -0.2) is 34.6 Å². The predicted octanol–water partition coefficient (Wildman–Crippen LogP) is 2.81. The third-order valence-electron chi connectivity index (χ3n) is 3.46. The molecule has 0 aliphatic carbocycles. The van der Waals surface area contributed by atoms with E-state index in [1.54, 1.807) is 16.8 Å². The van der Waals surface area contributed by atoms with Crippen molar-refractivity contribution in [3.05, 3.63) is 29.6 Å². The molecule has 0 unspecified atom stereocenters. The van der Waals surface area contributed by atoms with E-state index in [0.717, 1.165) is 12.5 Å². The van der Waals surface area contributed by atoms with Gasteiger partial charge < -0.3 is 15.2 Å². The second-order valence-corrected chi connectivity index (χ2v) is 5.08. The molecule has 7 heteroatoms. The van der Waals surface area contributed by atoms with Gasteiger partial charge in [0, 0.05) is 31.4 Å². The Balaban J connectivity index is 2.14. The molecule has 0 aromatic carbocycles. The Kier molecular flexibility index (Phi) is 4.29. The van der Waals surface area contributed by atoms with Crippen molar-refractivity contribution in [3.8, 4) is 0 Å². The topological polar surface area (TPSA) is 51.3 Å². The molecule has 4 nitrogen and oxygen atoms in total. The van der Waals surface area contributed by atoms with Gasteiger partial charge in [-0.1, -0.05) is 13.0 Å². The maximum Gasteiger partial charge on any atom is 0.412 e. The zero-order chi connectivity index (χ0) is 15.6. The molecule has 116 valence electrons. The number of carbonyl (C=O) groups is 1. The maximum atomic E-state index is 12.6. The molecule has 1 aromatic heterocycles. The van der Waals surface area contributed by atoms with Crippen molar-refractivity contribution in [2.45, 2.75) is 32.5 Å². The first-order valence-corrected chi connectivity index (χ1v) is 6.84. The molecule has 21 heavy (non-hydrogen) atoms. The van der Waals surface area contributed by atoms with Crippen molar-refractivity contribution < 1.29 is 18.0 Å². The average molecular weight is 301 g/mol. The summed E-state index contributed by atoms with van der Waals surface area (Å²) in [5.41, 5.74) is 6.05. The van der Waals surface area contributed by atoms with Crippen LogP contribution in [0.25, 0.3) is 0 Å². The number of aromatic nitrogens is 1. The lowest BCUT2D eigenvalue weighted by atomic mass is 10.1. The van der Waals surface area contributed by atoms with E-state index in [9.17, 15) is 18.0 Å². The van der Waals surface area contributed by atoms with Crippen molar-refractivity contribution in [1.82, 2.24) is 9.47 Å². The molecule has 0 spiro atoms. The lowest BCUT2D eigenvalue weighted by Gasteiger charge is -2.27. The quantitative estimate of drug-likeness (QED) is 0.873. The Bertz CT molecular complexity index is 560. The molecule has 0 radical (unpaired) electrons. The number of alkyl halides is 3. The van der Waals surface area contributed by atoms with Crippen LogP contribution in [0, 0.1) is 0 Å². The van der Waals surface area contributed by atoms with E-state index in [1.807, 2.05) is 6.92 Å². The van der Waals surface area contributed by atoms with E-state index in [4.69, 9.17) is 5.73 Å². The Morgan fingerprint density at radius 3 is 2.67 bits per heavy atom. The number of aryl methyl sites for hydroxylation is 1. The van der Waals surface area contributed by atoms with Crippen LogP contribution >= 0.6 is 0 Å². The number of nitrogens with zero attached hydrogens (tertiary/aromatic N) is 2. The van der Waals surface area contributed by atoms with Gasteiger partial charge in [0.15, 0.2) is 0 Å². The highest BCUT2D eigenvalue weighted by Gasteiger charge is 2.35. The number of nitrogen functional groups attached to an aromatic ring is 1. The molecule has 0 bridgehead atoms. The van der Waals surface area contributed by atoms with Crippen LogP contribution < -0.4 is 5.73 Å². The Morgan fingerprint density at radius 2 is 2.14 bits per heavy atom. The molecule has 1 aromatic rings. The molecule has 1 aliphatic rings. The van der Waals surface area contributed by atoms with Crippen molar-refractivity contribution in [1.29, 1.82) is 0 Å². The van der Waals surface area contributed by atoms with Gasteiger partial charge in [0.1, 0.15) is 5.69 Å². The second-order valence-electron chi connectivity index (χ2n) is 5.08. The summed E-state index contributed by atoms with van der Waals surface area (Å²) in [6, 6.07) is 1.57. The monoisotopic (exact) mass is 301 g/mol. The van der Waals surface area contributed by atoms with Crippen LogP contribution in [-0.2, 0) is 6.54 Å². The minimum atomic E-state index is -4.30. The van der Waals surface area contributed by atoms with E-state index < -0.39 is 11.7 Å². The van der Waals surface area contributed by atoms with E-state index in [2.05, 4.69) is 0 Å². The molecule has 0 saturated carbocycles. The summed E-state index contributed by atoms with van der Waals surface area (Å²) < 4.78 is 39.5. The Hall–Kier alpha value is -1.92. The zero-order valence-electron chi connectivity index (χ0n) is 11.8. The number of anilines is 1. The first-order chi connectivity index (χ1) is 9.82. The SMILES string of the molecule is CCCn1cc(N)cc1C(=O)N1CC=C(C(F)(F)F)CC1. The number of hydrogen-bond acceptors (Lipinski definition) is 2. The van der Waals surface area contributed by atoms with E-state index in [-0.39, 0.29) is 25.4 Å². The Labute approximate surface area is 121 Å². The number of amides is 1. The number of nitrogens with two attached hydrogens (primary N) is 1. The van der Waals surface area contributed by atoms with Gasteiger partial charge in [-0.2, -0.15) is 13.2 Å². The van der Waals surface area contributed by atoms with Gasteiger partial charge in [0.05, 0.1) is 5.69 Å². The Morgan fingerprint density at radius 1 is 1.43 bits per heavy atom. The van der Waals surface area contributed by atoms with Crippen molar-refractivity contribution in [2.75, 3.05) is 18.8 Å². The first kappa shape index (κ1) is 15.5. The summed E-state index contributed by atoms with van der Waals surface area (Å²) in [6.45, 7) is 2.67. The highest BCUT2D eigenvalue weighted by atomic mass is 19.4. The molecule has 0 fully saturated rings. The second kappa shape index (κ2) is 5.83. The van der Waals surface area contributed by atoms with Gasteiger partial charge in [-0.15, -0.1) is 0 Å². The largest absolute Gasteiger partial charge is 0.412 e. The van der Waals surface area contributed by atoms with E-state index in [0.29, 0.717) is 17.9 Å². The summed E-state index contributed by atoms with van der Waals surface area (Å²) in [7, 11) is 0. The summed E-state index contributed by atoms with van der Waals surface area (Å²) in [6.07, 6.45) is -0.872. The lowest BCUT2D eigenvalue weighted by Crippen LogP contribution is -2.37. The summed E-state index contributed by atoms with van der Waals surface area (Å²) >= 11 is 0. The molecule has 1 aliphatic heterocycles. The van der Waals surface area contributed by atoms with Crippen molar-refractivity contribution >= 4 is 11.6 Å². The standard InChI is InChI=1S/C14H18F3N3O/c1-2-5-20-9-11(18)8-12(20)13(21)19-6-3-10(4-7-19)14(15,16)17/h3,8-9H,2,4-7,18H2,1H3. The van der Waals surface area contributed by atoms with Crippen LogP contribution in [0.3, 0.4) is 0 Å². The third-order valence-corrected chi connectivity index (χ3v) is 3.46. The molecule has 2 N–H and O–H groups in total. The van der Waals surface area contributed by atoms with Gasteiger partial charge in [0.25, 0.3) is 5.91 Å².